The summed E-state index contributed by atoms with van der Waals surface area (Å²) in [5, 5.41) is 14.9. The number of para-hydroxylation sites is 1. The van der Waals surface area contributed by atoms with E-state index in [0.29, 0.717) is 17.8 Å². The lowest BCUT2D eigenvalue weighted by molar-refractivity contribution is -0.885. The number of fused-ring (bicyclic) bond motifs is 1. The molecule has 2 N–H and O–H groups in total. The van der Waals surface area contributed by atoms with E-state index in [1.165, 1.54) is 19.2 Å². The highest BCUT2D eigenvalue weighted by atomic mass is 32.1. The number of hydrogen-bond donors (Lipinski definition) is 2. The van der Waals surface area contributed by atoms with Gasteiger partial charge in [0.15, 0.2) is 12.3 Å². The Morgan fingerprint density at radius 3 is 2.79 bits per heavy atom. The van der Waals surface area contributed by atoms with E-state index in [-0.39, 0.29) is 23.9 Å². The second kappa shape index (κ2) is 8.32. The largest absolute Gasteiger partial charge is 0.490 e. The molecule has 0 radical (unpaired) electrons. The number of rotatable bonds is 7. The summed E-state index contributed by atoms with van der Waals surface area (Å²) in [5.74, 6) is -0.0707. The first kappa shape index (κ1) is 19.7. The number of anilines is 1. The van der Waals surface area contributed by atoms with Crippen molar-refractivity contribution < 1.29 is 19.4 Å². The molecule has 0 aliphatic rings. The Morgan fingerprint density at radius 1 is 1.36 bits per heavy atom. The van der Waals surface area contributed by atoms with Gasteiger partial charge in [-0.3, -0.25) is 14.9 Å². The average molecular weight is 401 g/mol. The number of nitro groups is 1. The van der Waals surface area contributed by atoms with Crippen LogP contribution in [0.2, 0.25) is 0 Å². The van der Waals surface area contributed by atoms with E-state index in [2.05, 4.69) is 10.3 Å². The molecule has 0 aliphatic heterocycles. The van der Waals surface area contributed by atoms with Gasteiger partial charge in [0.05, 0.1) is 29.3 Å². The average Bonchev–Trinajstić information content (AvgIpc) is 3.04. The zero-order valence-electron chi connectivity index (χ0n) is 15.8. The highest BCUT2D eigenvalue weighted by Crippen LogP contribution is 2.32. The minimum atomic E-state index is -0.507. The van der Waals surface area contributed by atoms with Crippen LogP contribution in [0.1, 0.15) is 10.6 Å². The Morgan fingerprint density at radius 2 is 2.11 bits per heavy atom. The smallest absolute Gasteiger partial charge is 0.311 e. The van der Waals surface area contributed by atoms with Crippen LogP contribution in [-0.4, -0.2) is 36.5 Å². The minimum Gasteiger partial charge on any atom is -0.490 e. The molecular weight excluding hydrogens is 380 g/mol. The van der Waals surface area contributed by atoms with Crippen molar-refractivity contribution in [3.05, 3.63) is 57.1 Å². The van der Waals surface area contributed by atoms with Gasteiger partial charge in [0.2, 0.25) is 0 Å². The number of thiazole rings is 1. The standard InChI is InChI=1S/C19H20N4O4S/c1-12-8-15(23(25)26)16(27-3)9-14(12)20-18(24)10-22(2)11-19-21-13-6-4-5-7-17(13)28-19/h4-9H,10-11H2,1-3H3,(H,20,24)/p+1. The van der Waals surface area contributed by atoms with Crippen molar-refractivity contribution >= 4 is 38.8 Å². The molecule has 146 valence electrons. The van der Waals surface area contributed by atoms with Gasteiger partial charge in [-0.15, -0.1) is 11.3 Å². The van der Waals surface area contributed by atoms with Crippen LogP contribution in [0.25, 0.3) is 10.2 Å². The van der Waals surface area contributed by atoms with Crippen LogP contribution in [0.3, 0.4) is 0 Å². The molecule has 0 aliphatic carbocycles. The molecule has 2 aromatic carbocycles. The molecule has 28 heavy (non-hydrogen) atoms. The SMILES string of the molecule is COc1cc(NC(=O)C[NH+](C)Cc2nc3ccccc3s2)c(C)cc1[N+](=O)[O-]. The molecular formula is C19H21N4O4S+. The van der Waals surface area contributed by atoms with E-state index < -0.39 is 4.92 Å². The Kier molecular flexibility index (Phi) is 5.86. The highest BCUT2D eigenvalue weighted by Gasteiger charge is 2.19. The third-order valence-corrected chi connectivity index (χ3v) is 5.29. The zero-order chi connectivity index (χ0) is 20.3. The second-order valence-corrected chi connectivity index (χ2v) is 7.65. The summed E-state index contributed by atoms with van der Waals surface area (Å²) in [6.45, 7) is 2.59. The maximum Gasteiger partial charge on any atom is 0.311 e. The van der Waals surface area contributed by atoms with Gasteiger partial charge in [-0.1, -0.05) is 12.1 Å². The normalized spacial score (nSPS) is 12.0. The molecule has 0 fully saturated rings. The van der Waals surface area contributed by atoms with Gasteiger partial charge in [-0.25, -0.2) is 4.98 Å². The molecule has 9 heteroatoms. The first-order valence-electron chi connectivity index (χ1n) is 8.66. The number of aromatic nitrogens is 1. The molecule has 1 unspecified atom stereocenters. The fourth-order valence-electron chi connectivity index (χ4n) is 2.90. The predicted molar refractivity (Wildman–Crippen MR) is 108 cm³/mol. The molecule has 1 atom stereocenters. The van der Waals surface area contributed by atoms with Gasteiger partial charge in [-0.2, -0.15) is 0 Å². The lowest BCUT2D eigenvalue weighted by Gasteiger charge is -2.14. The van der Waals surface area contributed by atoms with Crippen LogP contribution in [0, 0.1) is 17.0 Å². The maximum atomic E-state index is 12.4. The van der Waals surface area contributed by atoms with Crippen molar-refractivity contribution in [1.29, 1.82) is 0 Å². The summed E-state index contributed by atoms with van der Waals surface area (Å²) >= 11 is 1.62. The number of carbonyl (C=O) groups excluding carboxylic acids is 1. The quantitative estimate of drug-likeness (QED) is 0.467. The number of nitro benzene ring substituents is 1. The molecule has 1 heterocycles. The zero-order valence-corrected chi connectivity index (χ0v) is 16.6. The maximum absolute atomic E-state index is 12.4. The summed E-state index contributed by atoms with van der Waals surface area (Å²) in [6, 6.07) is 10.8. The highest BCUT2D eigenvalue weighted by molar-refractivity contribution is 7.18. The van der Waals surface area contributed by atoms with Crippen LogP contribution in [0.5, 0.6) is 5.75 Å². The first-order chi connectivity index (χ1) is 13.4. The fourth-order valence-corrected chi connectivity index (χ4v) is 3.98. The van der Waals surface area contributed by atoms with E-state index in [0.717, 1.165) is 20.1 Å². The van der Waals surface area contributed by atoms with E-state index in [4.69, 9.17) is 4.74 Å². The van der Waals surface area contributed by atoms with Crippen LogP contribution in [-0.2, 0) is 11.3 Å². The van der Waals surface area contributed by atoms with Crippen LogP contribution in [0.15, 0.2) is 36.4 Å². The van der Waals surface area contributed by atoms with E-state index in [1.54, 1.807) is 18.3 Å². The summed E-state index contributed by atoms with van der Waals surface area (Å²) < 4.78 is 6.20. The van der Waals surface area contributed by atoms with Gasteiger partial charge in [-0.05, 0) is 24.6 Å². The third-order valence-electron chi connectivity index (χ3n) is 4.25. The lowest BCUT2D eigenvalue weighted by Crippen LogP contribution is -3.08. The lowest BCUT2D eigenvalue weighted by atomic mass is 10.1. The van der Waals surface area contributed by atoms with Crippen molar-refractivity contribution in [2.75, 3.05) is 26.0 Å². The third kappa shape index (κ3) is 4.44. The monoisotopic (exact) mass is 401 g/mol. The number of likely N-dealkylation sites (N-methyl/N-ethyl adjacent to an activating group) is 1. The molecule has 1 aromatic heterocycles. The Bertz CT molecular complexity index is 1000. The number of aryl methyl sites for hydroxylation is 1. The summed E-state index contributed by atoms with van der Waals surface area (Å²) in [6.07, 6.45) is 0. The van der Waals surface area contributed by atoms with Crippen LogP contribution < -0.4 is 15.0 Å². The number of amides is 1. The topological polar surface area (TPSA) is 98.8 Å². The van der Waals surface area contributed by atoms with Crippen molar-refractivity contribution in [2.24, 2.45) is 0 Å². The fraction of sp³-hybridized carbons (Fsp3) is 0.263. The Hall–Kier alpha value is -3.04. The van der Waals surface area contributed by atoms with Gasteiger partial charge in [0.1, 0.15) is 11.6 Å². The van der Waals surface area contributed by atoms with Crippen molar-refractivity contribution in [3.8, 4) is 5.75 Å². The number of nitrogens with zero attached hydrogens (tertiary/aromatic N) is 2. The van der Waals surface area contributed by atoms with Gasteiger partial charge in [0, 0.05) is 17.8 Å². The van der Waals surface area contributed by atoms with Crippen LogP contribution in [0.4, 0.5) is 11.4 Å². The van der Waals surface area contributed by atoms with Gasteiger partial charge in [0.25, 0.3) is 5.91 Å². The molecule has 1 amide bonds. The van der Waals surface area contributed by atoms with E-state index in [9.17, 15) is 14.9 Å². The van der Waals surface area contributed by atoms with Crippen molar-refractivity contribution in [1.82, 2.24) is 4.98 Å². The number of hydrogen-bond acceptors (Lipinski definition) is 6. The van der Waals surface area contributed by atoms with E-state index in [1.807, 2.05) is 31.3 Å². The predicted octanol–water partition coefficient (Wildman–Crippen LogP) is 2.17. The summed E-state index contributed by atoms with van der Waals surface area (Å²) in [7, 11) is 3.29. The molecule has 0 saturated heterocycles. The summed E-state index contributed by atoms with van der Waals surface area (Å²) in [4.78, 5) is 28.6. The first-order valence-corrected chi connectivity index (χ1v) is 9.47. The molecule has 0 saturated carbocycles. The minimum absolute atomic E-state index is 0.112. The second-order valence-electron chi connectivity index (χ2n) is 6.53. The number of methoxy groups -OCH3 is 1. The number of ether oxygens (including phenoxy) is 1. The number of nitrogens with one attached hydrogen (secondary N) is 2. The number of quaternary nitrogens is 1. The Labute approximate surface area is 165 Å². The molecule has 8 nitrogen and oxygen atoms in total. The Balaban J connectivity index is 1.65. The van der Waals surface area contributed by atoms with Gasteiger partial charge < -0.3 is 15.0 Å². The summed E-state index contributed by atoms with van der Waals surface area (Å²) in [5.41, 5.74) is 1.94. The van der Waals surface area contributed by atoms with Crippen molar-refractivity contribution in [3.63, 3.8) is 0 Å². The number of benzene rings is 2. The molecule has 3 rings (SSSR count). The van der Waals surface area contributed by atoms with Crippen molar-refractivity contribution in [2.45, 2.75) is 13.5 Å². The number of carbonyl (C=O) groups is 1. The van der Waals surface area contributed by atoms with Crippen LogP contribution >= 0.6 is 11.3 Å². The molecule has 0 bridgehead atoms. The van der Waals surface area contributed by atoms with E-state index >= 15 is 0 Å². The molecule has 3 aromatic rings. The van der Waals surface area contributed by atoms with Gasteiger partial charge >= 0.3 is 5.69 Å². The molecule has 0 spiro atoms.